The van der Waals surface area contributed by atoms with Gasteiger partial charge in [-0.2, -0.15) is 0 Å². The Morgan fingerprint density at radius 1 is 1.23 bits per heavy atom. The molecule has 0 aliphatic carbocycles. The van der Waals surface area contributed by atoms with Gasteiger partial charge in [0.1, 0.15) is 5.82 Å². The first-order valence-corrected chi connectivity index (χ1v) is 8.65. The number of amides is 1. The van der Waals surface area contributed by atoms with Gasteiger partial charge in [-0.1, -0.05) is 35.9 Å². The summed E-state index contributed by atoms with van der Waals surface area (Å²) in [6, 6.07) is 13.5. The molecule has 26 heavy (non-hydrogen) atoms. The third-order valence-corrected chi connectivity index (χ3v) is 4.26. The number of hydrogen-bond donors (Lipinski definition) is 1. The molecule has 6 heteroatoms. The van der Waals surface area contributed by atoms with Gasteiger partial charge >= 0.3 is 0 Å². The average Bonchev–Trinajstić information content (AvgIpc) is 3.09. The van der Waals surface area contributed by atoms with Crippen LogP contribution < -0.4 is 5.32 Å². The van der Waals surface area contributed by atoms with E-state index in [9.17, 15) is 9.18 Å². The van der Waals surface area contributed by atoms with Crippen LogP contribution in [0.3, 0.4) is 0 Å². The summed E-state index contributed by atoms with van der Waals surface area (Å²) >= 11 is 5.87. The van der Waals surface area contributed by atoms with Gasteiger partial charge in [0, 0.05) is 17.9 Å². The van der Waals surface area contributed by atoms with Crippen LogP contribution in [0.1, 0.15) is 30.8 Å². The third-order valence-electron chi connectivity index (χ3n) is 4.01. The molecule has 1 N–H and O–H groups in total. The van der Waals surface area contributed by atoms with Crippen LogP contribution in [0, 0.1) is 5.82 Å². The van der Waals surface area contributed by atoms with Gasteiger partial charge in [-0.25, -0.2) is 9.37 Å². The van der Waals surface area contributed by atoms with Crippen LogP contribution in [0.2, 0.25) is 5.02 Å². The van der Waals surface area contributed by atoms with Crippen molar-refractivity contribution in [2.24, 2.45) is 0 Å². The van der Waals surface area contributed by atoms with E-state index in [1.54, 1.807) is 30.3 Å². The van der Waals surface area contributed by atoms with Crippen molar-refractivity contribution in [3.63, 3.8) is 0 Å². The van der Waals surface area contributed by atoms with Crippen LogP contribution in [0.25, 0.3) is 11.3 Å². The zero-order valence-electron chi connectivity index (χ0n) is 14.2. The first-order chi connectivity index (χ1) is 12.5. The fraction of sp³-hybridized carbons (Fsp3) is 0.200. The van der Waals surface area contributed by atoms with Crippen molar-refractivity contribution < 1.29 is 13.6 Å². The standard InChI is InChI=1S/C20H18ClFN2O2/c1-13(14-6-8-15(21)9-7-14)24-19(25)10-11-20-23-12-18(26-20)16-4-2-3-5-17(16)22/h2-9,12-13H,10-11H2,1H3,(H,24,25)/t13-/m0/s1. The van der Waals surface area contributed by atoms with Crippen LogP contribution in [-0.2, 0) is 11.2 Å². The van der Waals surface area contributed by atoms with Gasteiger partial charge in [-0.15, -0.1) is 0 Å². The van der Waals surface area contributed by atoms with E-state index in [4.69, 9.17) is 16.0 Å². The van der Waals surface area contributed by atoms with Gasteiger partial charge in [-0.05, 0) is 36.8 Å². The number of oxazole rings is 1. The highest BCUT2D eigenvalue weighted by Gasteiger charge is 2.13. The Balaban J connectivity index is 1.55. The molecule has 0 bridgehead atoms. The Morgan fingerprint density at radius 3 is 2.69 bits per heavy atom. The number of nitrogens with zero attached hydrogens (tertiary/aromatic N) is 1. The zero-order valence-corrected chi connectivity index (χ0v) is 15.0. The van der Waals surface area contributed by atoms with Gasteiger partial charge in [-0.3, -0.25) is 4.79 Å². The summed E-state index contributed by atoms with van der Waals surface area (Å²) in [6.45, 7) is 1.91. The maximum Gasteiger partial charge on any atom is 0.220 e. The summed E-state index contributed by atoms with van der Waals surface area (Å²) in [5.41, 5.74) is 1.33. The van der Waals surface area contributed by atoms with E-state index in [1.165, 1.54) is 12.3 Å². The van der Waals surface area contributed by atoms with Crippen molar-refractivity contribution in [3.05, 3.63) is 77.0 Å². The number of aryl methyl sites for hydroxylation is 1. The normalized spacial score (nSPS) is 12.0. The van der Waals surface area contributed by atoms with E-state index in [2.05, 4.69) is 10.3 Å². The van der Waals surface area contributed by atoms with Crippen molar-refractivity contribution in [1.82, 2.24) is 10.3 Å². The Kier molecular flexibility index (Phi) is 5.68. The lowest BCUT2D eigenvalue weighted by molar-refractivity contribution is -0.121. The monoisotopic (exact) mass is 372 g/mol. The van der Waals surface area contributed by atoms with E-state index in [-0.39, 0.29) is 24.2 Å². The molecule has 0 aliphatic heterocycles. The number of benzene rings is 2. The SMILES string of the molecule is C[C@H](NC(=O)CCc1ncc(-c2ccccc2F)o1)c1ccc(Cl)cc1. The number of hydrogen-bond acceptors (Lipinski definition) is 3. The fourth-order valence-electron chi connectivity index (χ4n) is 2.58. The lowest BCUT2D eigenvalue weighted by Gasteiger charge is -2.14. The largest absolute Gasteiger partial charge is 0.441 e. The number of aromatic nitrogens is 1. The molecule has 3 rings (SSSR count). The van der Waals surface area contributed by atoms with Crippen LogP contribution >= 0.6 is 11.6 Å². The molecule has 0 fully saturated rings. The Labute approximate surface area is 156 Å². The fourth-order valence-corrected chi connectivity index (χ4v) is 2.71. The summed E-state index contributed by atoms with van der Waals surface area (Å²) in [4.78, 5) is 16.3. The van der Waals surface area contributed by atoms with Crippen LogP contribution in [0.15, 0.2) is 59.1 Å². The summed E-state index contributed by atoms with van der Waals surface area (Å²) in [6.07, 6.45) is 2.05. The van der Waals surface area contributed by atoms with Crippen molar-refractivity contribution in [1.29, 1.82) is 0 Å². The number of rotatable bonds is 6. The van der Waals surface area contributed by atoms with E-state index in [0.717, 1.165) is 5.56 Å². The number of carbonyl (C=O) groups is 1. The lowest BCUT2D eigenvalue weighted by Crippen LogP contribution is -2.26. The molecule has 1 amide bonds. The molecule has 1 atom stereocenters. The third kappa shape index (κ3) is 4.49. The van der Waals surface area contributed by atoms with Crippen molar-refractivity contribution in [2.75, 3.05) is 0 Å². The summed E-state index contributed by atoms with van der Waals surface area (Å²) in [7, 11) is 0. The van der Waals surface area contributed by atoms with Crippen LogP contribution in [-0.4, -0.2) is 10.9 Å². The topological polar surface area (TPSA) is 55.1 Å². The second kappa shape index (κ2) is 8.15. The van der Waals surface area contributed by atoms with Gasteiger partial charge in [0.2, 0.25) is 5.91 Å². The highest BCUT2D eigenvalue weighted by atomic mass is 35.5. The zero-order chi connectivity index (χ0) is 18.5. The molecular weight excluding hydrogens is 355 g/mol. The Morgan fingerprint density at radius 2 is 1.96 bits per heavy atom. The van der Waals surface area contributed by atoms with Gasteiger partial charge in [0.05, 0.1) is 17.8 Å². The maximum absolute atomic E-state index is 13.8. The highest BCUT2D eigenvalue weighted by molar-refractivity contribution is 6.30. The number of halogens is 2. The minimum atomic E-state index is -0.371. The predicted octanol–water partition coefficient (Wildman–Crippen LogP) is 4.94. The molecular formula is C20H18ClFN2O2. The number of carbonyl (C=O) groups excluding carboxylic acids is 1. The minimum Gasteiger partial charge on any atom is -0.441 e. The molecule has 0 aliphatic rings. The minimum absolute atomic E-state index is 0.113. The molecule has 4 nitrogen and oxygen atoms in total. The van der Waals surface area contributed by atoms with Gasteiger partial charge < -0.3 is 9.73 Å². The smallest absolute Gasteiger partial charge is 0.220 e. The maximum atomic E-state index is 13.8. The quantitative estimate of drug-likeness (QED) is 0.666. The molecule has 0 saturated heterocycles. The molecule has 0 radical (unpaired) electrons. The average molecular weight is 373 g/mol. The molecule has 3 aromatic rings. The highest BCUT2D eigenvalue weighted by Crippen LogP contribution is 2.23. The van der Waals surface area contributed by atoms with Crippen molar-refractivity contribution in [2.45, 2.75) is 25.8 Å². The molecule has 0 spiro atoms. The van der Waals surface area contributed by atoms with E-state index >= 15 is 0 Å². The molecule has 2 aromatic carbocycles. The van der Waals surface area contributed by atoms with Crippen molar-refractivity contribution >= 4 is 17.5 Å². The van der Waals surface area contributed by atoms with Gasteiger partial charge in [0.25, 0.3) is 0 Å². The molecule has 134 valence electrons. The summed E-state index contributed by atoms with van der Waals surface area (Å²) in [5, 5.41) is 3.58. The lowest BCUT2D eigenvalue weighted by atomic mass is 10.1. The van der Waals surface area contributed by atoms with E-state index in [1.807, 2.05) is 19.1 Å². The summed E-state index contributed by atoms with van der Waals surface area (Å²) in [5.74, 6) is 0.272. The van der Waals surface area contributed by atoms with Gasteiger partial charge in [0.15, 0.2) is 11.7 Å². The van der Waals surface area contributed by atoms with E-state index < -0.39 is 0 Å². The first kappa shape index (κ1) is 18.1. The predicted molar refractivity (Wildman–Crippen MR) is 98.2 cm³/mol. The molecule has 0 unspecified atom stereocenters. The van der Waals surface area contributed by atoms with Crippen LogP contribution in [0.4, 0.5) is 4.39 Å². The molecule has 1 heterocycles. The Hall–Kier alpha value is -2.66. The first-order valence-electron chi connectivity index (χ1n) is 8.27. The Bertz CT molecular complexity index is 893. The van der Waals surface area contributed by atoms with Crippen molar-refractivity contribution in [3.8, 4) is 11.3 Å². The molecule has 1 aromatic heterocycles. The second-order valence-electron chi connectivity index (χ2n) is 5.94. The van der Waals surface area contributed by atoms with Crippen LogP contribution in [0.5, 0.6) is 0 Å². The molecule has 0 saturated carbocycles. The van der Waals surface area contributed by atoms with E-state index in [0.29, 0.717) is 28.7 Å². The summed E-state index contributed by atoms with van der Waals surface area (Å²) < 4.78 is 19.3. The second-order valence-corrected chi connectivity index (χ2v) is 6.38. The number of nitrogens with one attached hydrogen (secondary N) is 1.